The van der Waals surface area contributed by atoms with Crippen molar-refractivity contribution < 1.29 is 9.90 Å². The lowest BCUT2D eigenvalue weighted by atomic mass is 10.1. The Kier molecular flexibility index (Phi) is 5.87. The van der Waals surface area contributed by atoms with Crippen LogP contribution in [0, 0.1) is 12.3 Å². The van der Waals surface area contributed by atoms with Gasteiger partial charge in [-0.3, -0.25) is 0 Å². The molecular formula is C15H20N2O2. The van der Waals surface area contributed by atoms with Crippen molar-refractivity contribution in [3.8, 4) is 12.3 Å². The van der Waals surface area contributed by atoms with Crippen LogP contribution < -0.4 is 5.32 Å². The van der Waals surface area contributed by atoms with Gasteiger partial charge in [-0.05, 0) is 25.0 Å². The summed E-state index contributed by atoms with van der Waals surface area (Å²) in [7, 11) is 0. The molecule has 1 atom stereocenters. The lowest BCUT2D eigenvalue weighted by molar-refractivity contribution is 0.0696. The third-order valence-corrected chi connectivity index (χ3v) is 2.73. The Morgan fingerprint density at radius 3 is 2.74 bits per heavy atom. The van der Waals surface area contributed by atoms with E-state index in [-0.39, 0.29) is 11.6 Å². The second kappa shape index (κ2) is 7.42. The second-order valence-electron chi connectivity index (χ2n) is 4.44. The van der Waals surface area contributed by atoms with Gasteiger partial charge in [0.2, 0.25) is 0 Å². The van der Waals surface area contributed by atoms with E-state index in [9.17, 15) is 4.79 Å². The average molecular weight is 260 g/mol. The number of anilines is 1. The number of hydrogen-bond donors (Lipinski definition) is 2. The predicted octanol–water partition coefficient (Wildman–Crippen LogP) is 2.95. The van der Waals surface area contributed by atoms with Gasteiger partial charge in [0.15, 0.2) is 0 Å². The van der Waals surface area contributed by atoms with Crippen LogP contribution in [0.4, 0.5) is 5.82 Å². The van der Waals surface area contributed by atoms with E-state index in [0.717, 1.165) is 31.4 Å². The Hall–Kier alpha value is -2.02. The van der Waals surface area contributed by atoms with Gasteiger partial charge in [-0.1, -0.05) is 32.6 Å². The monoisotopic (exact) mass is 260 g/mol. The van der Waals surface area contributed by atoms with Crippen molar-refractivity contribution in [1.29, 1.82) is 0 Å². The van der Waals surface area contributed by atoms with E-state index >= 15 is 0 Å². The van der Waals surface area contributed by atoms with Crippen LogP contribution in [0.1, 0.15) is 49.2 Å². The summed E-state index contributed by atoms with van der Waals surface area (Å²) in [6.45, 7) is 4.08. The molecule has 0 aliphatic carbocycles. The molecule has 19 heavy (non-hydrogen) atoms. The van der Waals surface area contributed by atoms with Crippen LogP contribution in [-0.2, 0) is 6.42 Å². The molecule has 0 radical (unpaired) electrons. The highest BCUT2D eigenvalue weighted by molar-refractivity contribution is 5.88. The van der Waals surface area contributed by atoms with Gasteiger partial charge in [-0.15, -0.1) is 6.42 Å². The zero-order chi connectivity index (χ0) is 14.3. The summed E-state index contributed by atoms with van der Waals surface area (Å²) < 4.78 is 0. The molecular weight excluding hydrogens is 240 g/mol. The van der Waals surface area contributed by atoms with Gasteiger partial charge in [0.25, 0.3) is 0 Å². The first-order valence-electron chi connectivity index (χ1n) is 6.57. The number of hydrogen-bond acceptors (Lipinski definition) is 3. The van der Waals surface area contributed by atoms with E-state index in [1.165, 1.54) is 6.07 Å². The van der Waals surface area contributed by atoms with Gasteiger partial charge in [0.05, 0.1) is 11.6 Å². The molecule has 0 aliphatic rings. The fourth-order valence-electron chi connectivity index (χ4n) is 1.83. The molecule has 0 aromatic carbocycles. The molecule has 1 unspecified atom stereocenters. The van der Waals surface area contributed by atoms with Crippen LogP contribution in [0.2, 0.25) is 0 Å². The highest BCUT2D eigenvalue weighted by Crippen LogP contribution is 2.14. The summed E-state index contributed by atoms with van der Waals surface area (Å²) in [6.07, 6.45) is 8.91. The minimum Gasteiger partial charge on any atom is -0.478 e. The van der Waals surface area contributed by atoms with E-state index in [2.05, 4.69) is 23.1 Å². The maximum atomic E-state index is 11.1. The lowest BCUT2D eigenvalue weighted by Gasteiger charge is -2.14. The molecule has 1 aromatic rings. The first kappa shape index (κ1) is 15.0. The fourth-order valence-corrected chi connectivity index (χ4v) is 1.83. The molecule has 0 saturated carbocycles. The molecule has 0 aliphatic heterocycles. The molecule has 1 heterocycles. The molecule has 0 saturated heterocycles. The first-order valence-corrected chi connectivity index (χ1v) is 6.57. The maximum absolute atomic E-state index is 11.1. The smallest absolute Gasteiger partial charge is 0.335 e. The Morgan fingerprint density at radius 1 is 1.47 bits per heavy atom. The van der Waals surface area contributed by atoms with Crippen molar-refractivity contribution in [2.75, 3.05) is 5.32 Å². The first-order chi connectivity index (χ1) is 9.10. The minimum atomic E-state index is -0.949. The number of carbonyl (C=O) groups is 1. The normalized spacial score (nSPS) is 11.6. The van der Waals surface area contributed by atoms with Crippen molar-refractivity contribution in [3.63, 3.8) is 0 Å². The Balaban J connectivity index is 2.98. The summed E-state index contributed by atoms with van der Waals surface area (Å²) in [5.74, 6) is 2.25. The average Bonchev–Trinajstić information content (AvgIpc) is 2.38. The molecule has 1 rings (SSSR count). The number of rotatable bonds is 7. The van der Waals surface area contributed by atoms with E-state index in [1.54, 1.807) is 6.07 Å². The van der Waals surface area contributed by atoms with Gasteiger partial charge < -0.3 is 10.4 Å². The SMILES string of the molecule is C#CC(CCC)Nc1cc(C(=O)O)cc(CCC)n1. The molecule has 1 aromatic heterocycles. The number of aromatic carboxylic acids is 1. The standard InChI is InChI=1S/C15H20N2O2/c1-4-7-12(6-3)16-14-10-11(15(18)19)9-13(17-14)8-5-2/h3,9-10,12H,4-5,7-8H2,1-2H3,(H,16,17)(H,18,19). The van der Waals surface area contributed by atoms with Gasteiger partial charge in [-0.2, -0.15) is 0 Å². The predicted molar refractivity (Wildman–Crippen MR) is 76.3 cm³/mol. The number of nitrogens with zero attached hydrogens (tertiary/aromatic N) is 1. The van der Waals surface area contributed by atoms with Gasteiger partial charge in [0, 0.05) is 5.69 Å². The van der Waals surface area contributed by atoms with Gasteiger partial charge >= 0.3 is 5.97 Å². The van der Waals surface area contributed by atoms with Crippen molar-refractivity contribution in [2.24, 2.45) is 0 Å². The van der Waals surface area contributed by atoms with Crippen molar-refractivity contribution in [3.05, 3.63) is 23.4 Å². The maximum Gasteiger partial charge on any atom is 0.335 e. The molecule has 0 bridgehead atoms. The topological polar surface area (TPSA) is 62.2 Å². The zero-order valence-corrected chi connectivity index (χ0v) is 11.4. The van der Waals surface area contributed by atoms with Crippen LogP contribution in [0.25, 0.3) is 0 Å². The van der Waals surface area contributed by atoms with E-state index in [1.807, 2.05) is 6.92 Å². The number of aromatic nitrogens is 1. The number of aryl methyl sites for hydroxylation is 1. The fraction of sp³-hybridized carbons (Fsp3) is 0.467. The molecule has 0 amide bonds. The zero-order valence-electron chi connectivity index (χ0n) is 11.4. The second-order valence-corrected chi connectivity index (χ2v) is 4.44. The quantitative estimate of drug-likeness (QED) is 0.740. The Bertz CT molecular complexity index is 478. The van der Waals surface area contributed by atoms with Gasteiger partial charge in [0.1, 0.15) is 5.82 Å². The highest BCUT2D eigenvalue weighted by atomic mass is 16.4. The van der Waals surface area contributed by atoms with Crippen molar-refractivity contribution in [2.45, 2.75) is 45.6 Å². The molecule has 0 spiro atoms. The van der Waals surface area contributed by atoms with Crippen LogP contribution in [0.5, 0.6) is 0 Å². The molecule has 4 nitrogen and oxygen atoms in total. The number of pyridine rings is 1. The summed E-state index contributed by atoms with van der Waals surface area (Å²) in [4.78, 5) is 15.5. The molecule has 0 fully saturated rings. The van der Waals surface area contributed by atoms with Crippen molar-refractivity contribution in [1.82, 2.24) is 4.98 Å². The number of terminal acetylenes is 1. The summed E-state index contributed by atoms with van der Waals surface area (Å²) in [5.41, 5.74) is 1.02. The van der Waals surface area contributed by atoms with E-state index in [4.69, 9.17) is 11.5 Å². The molecule has 4 heteroatoms. The van der Waals surface area contributed by atoms with Crippen LogP contribution in [-0.4, -0.2) is 22.1 Å². The number of nitrogens with one attached hydrogen (secondary N) is 1. The Labute approximate surface area is 114 Å². The van der Waals surface area contributed by atoms with Crippen LogP contribution in [0.15, 0.2) is 12.1 Å². The van der Waals surface area contributed by atoms with Crippen LogP contribution >= 0.6 is 0 Å². The third-order valence-electron chi connectivity index (χ3n) is 2.73. The van der Waals surface area contributed by atoms with Crippen LogP contribution in [0.3, 0.4) is 0 Å². The van der Waals surface area contributed by atoms with E-state index in [0.29, 0.717) is 5.82 Å². The summed E-state index contributed by atoms with van der Waals surface area (Å²) >= 11 is 0. The van der Waals surface area contributed by atoms with Crippen molar-refractivity contribution >= 4 is 11.8 Å². The van der Waals surface area contributed by atoms with Gasteiger partial charge in [-0.25, -0.2) is 9.78 Å². The number of carboxylic acid groups (broad SMARTS) is 1. The Morgan fingerprint density at radius 2 is 2.21 bits per heavy atom. The summed E-state index contributed by atoms with van der Waals surface area (Å²) in [6, 6.07) is 3.03. The van der Waals surface area contributed by atoms with E-state index < -0.39 is 5.97 Å². The lowest BCUT2D eigenvalue weighted by Crippen LogP contribution is -2.18. The third kappa shape index (κ3) is 4.63. The molecule has 102 valence electrons. The highest BCUT2D eigenvalue weighted by Gasteiger charge is 2.10. The number of carboxylic acids is 1. The largest absolute Gasteiger partial charge is 0.478 e. The minimum absolute atomic E-state index is 0.115. The summed E-state index contributed by atoms with van der Waals surface area (Å²) in [5, 5.41) is 12.2. The molecule has 2 N–H and O–H groups in total.